The van der Waals surface area contributed by atoms with Crippen molar-refractivity contribution in [2.45, 2.75) is 13.5 Å². The molecule has 0 amide bonds. The van der Waals surface area contributed by atoms with Crippen molar-refractivity contribution >= 4 is 23.6 Å². The van der Waals surface area contributed by atoms with E-state index in [4.69, 9.17) is 11.6 Å². The highest BCUT2D eigenvalue weighted by molar-refractivity contribution is 6.29. The first kappa shape index (κ1) is 17.2. The van der Waals surface area contributed by atoms with Crippen LogP contribution in [0.3, 0.4) is 0 Å². The van der Waals surface area contributed by atoms with Gasteiger partial charge in [-0.2, -0.15) is 5.10 Å². The fourth-order valence-electron chi connectivity index (χ4n) is 1.56. The van der Waals surface area contributed by atoms with Crippen LogP contribution < -0.4 is 17.8 Å². The van der Waals surface area contributed by atoms with Crippen molar-refractivity contribution in [2.75, 3.05) is 5.43 Å². The minimum Gasteiger partial charge on any atom is -1.00 e. The maximum Gasteiger partial charge on any atom is 0.147 e. The molecule has 0 aliphatic rings. The van der Waals surface area contributed by atoms with Gasteiger partial charge in [0.15, 0.2) is 0 Å². The van der Waals surface area contributed by atoms with Gasteiger partial charge in [0.1, 0.15) is 16.7 Å². The van der Waals surface area contributed by atoms with Crippen LogP contribution in [0.2, 0.25) is 5.15 Å². The van der Waals surface area contributed by atoms with E-state index in [2.05, 4.69) is 20.5 Å². The van der Waals surface area contributed by atoms with Crippen molar-refractivity contribution in [3.05, 3.63) is 46.4 Å². The van der Waals surface area contributed by atoms with Crippen molar-refractivity contribution < 1.29 is 22.6 Å². The van der Waals surface area contributed by atoms with Gasteiger partial charge in [0.25, 0.3) is 0 Å². The van der Waals surface area contributed by atoms with E-state index < -0.39 is 0 Å². The first-order valence-corrected chi connectivity index (χ1v) is 6.19. The van der Waals surface area contributed by atoms with Crippen LogP contribution >= 0.6 is 11.6 Å². The number of halogens is 2. The molecule has 0 atom stereocenters. The Kier molecular flexibility index (Phi) is 6.36. The summed E-state index contributed by atoms with van der Waals surface area (Å²) in [6.45, 7) is 1.43. The monoisotopic (exact) mass is 327 g/mol. The molecular formula is C13H13Cl2N4O2-. The molecule has 112 valence electrons. The van der Waals surface area contributed by atoms with E-state index in [9.17, 15) is 10.2 Å². The molecule has 0 aliphatic carbocycles. The number of rotatable bonds is 4. The standard InChI is InChI=1S/C13H13ClN4O2.ClH/c1-8-13(20)10(9(7-19)5-15-8)6-16-18-12-4-2-3-11(14)17-12;/h2-6,19-20H,7H2,1H3,(H,17,18);1H/p-1. The van der Waals surface area contributed by atoms with Gasteiger partial charge in [-0.25, -0.2) is 4.98 Å². The number of aromatic nitrogens is 2. The van der Waals surface area contributed by atoms with Gasteiger partial charge in [0, 0.05) is 17.3 Å². The second-order valence-electron chi connectivity index (χ2n) is 4.00. The Hall–Kier alpha value is -1.89. The van der Waals surface area contributed by atoms with Crippen LogP contribution in [-0.2, 0) is 6.61 Å². The van der Waals surface area contributed by atoms with Gasteiger partial charge in [-0.15, -0.1) is 0 Å². The normalized spacial score (nSPS) is 10.4. The van der Waals surface area contributed by atoms with Gasteiger partial charge in [0.2, 0.25) is 0 Å². The van der Waals surface area contributed by atoms with Crippen molar-refractivity contribution in [1.29, 1.82) is 0 Å². The van der Waals surface area contributed by atoms with Crippen LogP contribution in [0.4, 0.5) is 5.82 Å². The molecule has 0 radical (unpaired) electrons. The molecule has 2 aromatic heterocycles. The Balaban J connectivity index is 0.00000220. The average molecular weight is 328 g/mol. The lowest BCUT2D eigenvalue weighted by molar-refractivity contribution is -0.00000603. The predicted octanol–water partition coefficient (Wildman–Crippen LogP) is -0.914. The summed E-state index contributed by atoms with van der Waals surface area (Å²) in [6.07, 6.45) is 2.90. The Bertz CT molecular complexity index is 650. The quantitative estimate of drug-likeness (QED) is 0.384. The maximum atomic E-state index is 9.92. The largest absolute Gasteiger partial charge is 1.00 e. The van der Waals surface area contributed by atoms with E-state index in [1.54, 1.807) is 25.1 Å². The number of aryl methyl sites for hydroxylation is 1. The third-order valence-corrected chi connectivity index (χ3v) is 2.83. The summed E-state index contributed by atoms with van der Waals surface area (Å²) in [5.41, 5.74) is 4.05. The van der Waals surface area contributed by atoms with Crippen LogP contribution in [-0.4, -0.2) is 26.4 Å². The van der Waals surface area contributed by atoms with E-state index in [-0.39, 0.29) is 24.8 Å². The van der Waals surface area contributed by atoms with Crippen LogP contribution in [0.1, 0.15) is 16.8 Å². The first-order chi connectivity index (χ1) is 9.61. The van der Waals surface area contributed by atoms with E-state index in [0.717, 1.165) is 0 Å². The zero-order valence-electron chi connectivity index (χ0n) is 11.1. The fraction of sp³-hybridized carbons (Fsp3) is 0.154. The highest BCUT2D eigenvalue weighted by atomic mass is 35.5. The minimum absolute atomic E-state index is 0. The van der Waals surface area contributed by atoms with Crippen LogP contribution in [0.25, 0.3) is 0 Å². The zero-order valence-corrected chi connectivity index (χ0v) is 12.6. The maximum absolute atomic E-state index is 9.92. The number of aromatic hydroxyl groups is 1. The van der Waals surface area contributed by atoms with E-state index >= 15 is 0 Å². The molecule has 21 heavy (non-hydrogen) atoms. The number of hydrogen-bond acceptors (Lipinski definition) is 6. The highest BCUT2D eigenvalue weighted by Crippen LogP contribution is 2.22. The van der Waals surface area contributed by atoms with Gasteiger partial charge in [-0.05, 0) is 19.1 Å². The zero-order chi connectivity index (χ0) is 14.5. The van der Waals surface area contributed by atoms with Crippen LogP contribution in [0.15, 0.2) is 29.5 Å². The lowest BCUT2D eigenvalue weighted by atomic mass is 10.1. The average Bonchev–Trinajstić information content (AvgIpc) is 2.44. The SMILES string of the molecule is Cc1ncc(CO)c(C=NNc2cccc(Cl)n2)c1O.[Cl-]. The first-order valence-electron chi connectivity index (χ1n) is 5.81. The molecule has 0 saturated heterocycles. The molecule has 0 aliphatic heterocycles. The number of aliphatic hydroxyl groups is 1. The summed E-state index contributed by atoms with van der Waals surface area (Å²) in [7, 11) is 0. The van der Waals surface area contributed by atoms with Crippen molar-refractivity contribution in [1.82, 2.24) is 9.97 Å². The second kappa shape index (κ2) is 7.78. The molecule has 6 nitrogen and oxygen atoms in total. The van der Waals surface area contributed by atoms with Gasteiger partial charge >= 0.3 is 0 Å². The fourth-order valence-corrected chi connectivity index (χ4v) is 1.72. The third kappa shape index (κ3) is 4.29. The second-order valence-corrected chi connectivity index (χ2v) is 4.39. The molecule has 0 fully saturated rings. The molecule has 2 aromatic rings. The number of nitrogens with zero attached hydrogens (tertiary/aromatic N) is 3. The highest BCUT2D eigenvalue weighted by Gasteiger charge is 2.09. The van der Waals surface area contributed by atoms with E-state index in [1.165, 1.54) is 12.4 Å². The molecule has 0 aromatic carbocycles. The molecule has 0 bridgehead atoms. The summed E-state index contributed by atoms with van der Waals surface area (Å²) in [5, 5.41) is 23.5. The van der Waals surface area contributed by atoms with E-state index in [1.807, 2.05) is 0 Å². The number of aliphatic hydroxyl groups excluding tert-OH is 1. The molecule has 0 unspecified atom stereocenters. The van der Waals surface area contributed by atoms with Gasteiger partial charge in [0.05, 0.1) is 18.5 Å². The van der Waals surface area contributed by atoms with Gasteiger partial charge < -0.3 is 22.6 Å². The van der Waals surface area contributed by atoms with Crippen molar-refractivity contribution in [2.24, 2.45) is 5.10 Å². The summed E-state index contributed by atoms with van der Waals surface area (Å²) in [6, 6.07) is 5.09. The minimum atomic E-state index is -0.238. The molecule has 3 N–H and O–H groups in total. The Labute approximate surface area is 132 Å². The van der Waals surface area contributed by atoms with Crippen LogP contribution in [0.5, 0.6) is 5.75 Å². The summed E-state index contributed by atoms with van der Waals surface area (Å²) in [5.74, 6) is 0.464. The third-order valence-electron chi connectivity index (χ3n) is 2.62. The number of pyridine rings is 2. The van der Waals surface area contributed by atoms with Crippen LogP contribution in [0, 0.1) is 6.92 Å². The lowest BCUT2D eigenvalue weighted by Gasteiger charge is -2.07. The van der Waals surface area contributed by atoms with Crippen molar-refractivity contribution in [3.8, 4) is 5.75 Å². The van der Waals surface area contributed by atoms with Gasteiger partial charge in [-0.3, -0.25) is 10.4 Å². The topological polar surface area (TPSA) is 90.6 Å². The summed E-state index contributed by atoms with van der Waals surface area (Å²) < 4.78 is 0. The smallest absolute Gasteiger partial charge is 0.147 e. The lowest BCUT2D eigenvalue weighted by Crippen LogP contribution is -3.00. The van der Waals surface area contributed by atoms with Gasteiger partial charge in [-0.1, -0.05) is 17.7 Å². The summed E-state index contributed by atoms with van der Waals surface area (Å²) in [4.78, 5) is 7.97. The molecular weight excluding hydrogens is 315 g/mol. The predicted molar refractivity (Wildman–Crippen MR) is 77.0 cm³/mol. The Morgan fingerprint density at radius 3 is 2.86 bits per heavy atom. The van der Waals surface area contributed by atoms with Crippen molar-refractivity contribution in [3.63, 3.8) is 0 Å². The number of hydrogen-bond donors (Lipinski definition) is 3. The molecule has 8 heteroatoms. The Morgan fingerprint density at radius 2 is 2.19 bits per heavy atom. The molecule has 2 heterocycles. The summed E-state index contributed by atoms with van der Waals surface area (Å²) >= 11 is 5.75. The molecule has 0 spiro atoms. The number of anilines is 1. The Morgan fingerprint density at radius 1 is 1.43 bits per heavy atom. The number of hydrazone groups is 1. The molecule has 0 saturated carbocycles. The molecule has 2 rings (SSSR count). The number of nitrogens with one attached hydrogen (secondary N) is 1. The van der Waals surface area contributed by atoms with E-state index in [0.29, 0.717) is 27.8 Å².